The molecule has 2 fully saturated rings. The van der Waals surface area contributed by atoms with Crippen molar-refractivity contribution in [2.45, 2.75) is 64.5 Å². The lowest BCUT2D eigenvalue weighted by molar-refractivity contribution is 0.0155. The number of amides is 1. The lowest BCUT2D eigenvalue weighted by atomic mass is 9.88. The SMILES string of the molecule is CC1(NCC2CCCNC2)CCN(C(=O)OC(C)(C)C)CC1. The Balaban J connectivity index is 1.74. The van der Waals surface area contributed by atoms with Gasteiger partial charge >= 0.3 is 6.09 Å². The van der Waals surface area contributed by atoms with E-state index in [1.165, 1.54) is 19.4 Å². The molecule has 2 rings (SSSR count). The molecule has 1 atom stereocenters. The topological polar surface area (TPSA) is 53.6 Å². The predicted molar refractivity (Wildman–Crippen MR) is 89.0 cm³/mol. The van der Waals surface area contributed by atoms with Crippen LogP contribution in [0.1, 0.15) is 53.4 Å². The minimum Gasteiger partial charge on any atom is -0.444 e. The first-order valence-electron chi connectivity index (χ1n) is 8.71. The van der Waals surface area contributed by atoms with E-state index in [0.29, 0.717) is 0 Å². The van der Waals surface area contributed by atoms with Crippen LogP contribution in [0.4, 0.5) is 4.79 Å². The third kappa shape index (κ3) is 5.43. The number of ether oxygens (including phenoxy) is 1. The zero-order chi connectivity index (χ0) is 16.2. The zero-order valence-corrected chi connectivity index (χ0v) is 14.7. The van der Waals surface area contributed by atoms with Crippen LogP contribution in [0.15, 0.2) is 0 Å². The van der Waals surface area contributed by atoms with E-state index in [9.17, 15) is 4.79 Å². The first-order valence-corrected chi connectivity index (χ1v) is 8.71. The van der Waals surface area contributed by atoms with Crippen molar-refractivity contribution in [3.63, 3.8) is 0 Å². The van der Waals surface area contributed by atoms with Crippen LogP contribution < -0.4 is 10.6 Å². The van der Waals surface area contributed by atoms with Crippen LogP contribution in [0.5, 0.6) is 0 Å². The van der Waals surface area contributed by atoms with Gasteiger partial charge in [0, 0.05) is 18.6 Å². The summed E-state index contributed by atoms with van der Waals surface area (Å²) in [6, 6.07) is 0. The molecule has 1 unspecified atom stereocenters. The second kappa shape index (κ2) is 7.18. The molecule has 0 aliphatic carbocycles. The largest absolute Gasteiger partial charge is 0.444 e. The Morgan fingerprint density at radius 1 is 1.36 bits per heavy atom. The third-order valence-corrected chi connectivity index (χ3v) is 4.74. The Morgan fingerprint density at radius 2 is 2.05 bits per heavy atom. The normalized spacial score (nSPS) is 25.8. The Kier molecular flexibility index (Phi) is 5.72. The molecule has 128 valence electrons. The van der Waals surface area contributed by atoms with E-state index >= 15 is 0 Å². The molecule has 2 aliphatic heterocycles. The number of hydrogen-bond donors (Lipinski definition) is 2. The first kappa shape index (κ1) is 17.5. The molecule has 0 bridgehead atoms. The fourth-order valence-corrected chi connectivity index (χ4v) is 3.18. The molecule has 5 nitrogen and oxygen atoms in total. The number of piperidine rings is 2. The number of carbonyl (C=O) groups excluding carboxylic acids is 1. The Hall–Kier alpha value is -0.810. The Labute approximate surface area is 135 Å². The van der Waals surface area contributed by atoms with E-state index in [-0.39, 0.29) is 11.6 Å². The molecular weight excluding hydrogens is 278 g/mol. The third-order valence-electron chi connectivity index (χ3n) is 4.74. The molecular formula is C17H33N3O2. The molecule has 2 heterocycles. The van der Waals surface area contributed by atoms with Gasteiger partial charge in [0.2, 0.25) is 0 Å². The van der Waals surface area contributed by atoms with Gasteiger partial charge < -0.3 is 20.3 Å². The minimum atomic E-state index is -0.413. The van der Waals surface area contributed by atoms with Gasteiger partial charge in [-0.05, 0) is 78.9 Å². The van der Waals surface area contributed by atoms with E-state index < -0.39 is 5.60 Å². The molecule has 0 aromatic rings. The average Bonchev–Trinajstić information content (AvgIpc) is 2.45. The van der Waals surface area contributed by atoms with Crippen molar-refractivity contribution < 1.29 is 9.53 Å². The van der Waals surface area contributed by atoms with Gasteiger partial charge in [-0.1, -0.05) is 0 Å². The summed E-state index contributed by atoms with van der Waals surface area (Å²) in [6.45, 7) is 13.0. The maximum absolute atomic E-state index is 12.1. The standard InChI is InChI=1S/C17H33N3O2/c1-16(2,3)22-15(21)20-10-7-17(4,8-11-20)19-13-14-6-5-9-18-12-14/h14,18-19H,5-13H2,1-4H3. The molecule has 5 heteroatoms. The Bertz CT molecular complexity index is 365. The number of hydrogen-bond acceptors (Lipinski definition) is 4. The highest BCUT2D eigenvalue weighted by molar-refractivity contribution is 5.68. The maximum atomic E-state index is 12.1. The summed E-state index contributed by atoms with van der Waals surface area (Å²) in [4.78, 5) is 13.9. The maximum Gasteiger partial charge on any atom is 0.410 e. The van der Waals surface area contributed by atoms with E-state index in [1.807, 2.05) is 25.7 Å². The van der Waals surface area contributed by atoms with E-state index in [1.54, 1.807) is 0 Å². The van der Waals surface area contributed by atoms with Crippen molar-refractivity contribution in [3.05, 3.63) is 0 Å². The van der Waals surface area contributed by atoms with Crippen LogP contribution in [0.2, 0.25) is 0 Å². The molecule has 2 N–H and O–H groups in total. The van der Waals surface area contributed by atoms with Gasteiger partial charge in [0.05, 0.1) is 0 Å². The quantitative estimate of drug-likeness (QED) is 0.840. The average molecular weight is 311 g/mol. The van der Waals surface area contributed by atoms with E-state index in [4.69, 9.17) is 4.74 Å². The van der Waals surface area contributed by atoms with Crippen LogP contribution >= 0.6 is 0 Å². The van der Waals surface area contributed by atoms with Crippen molar-refractivity contribution in [1.82, 2.24) is 15.5 Å². The summed E-state index contributed by atoms with van der Waals surface area (Å²) in [5, 5.41) is 7.23. The zero-order valence-electron chi connectivity index (χ0n) is 14.7. The number of nitrogens with zero attached hydrogens (tertiary/aromatic N) is 1. The van der Waals surface area contributed by atoms with E-state index in [0.717, 1.165) is 44.9 Å². The smallest absolute Gasteiger partial charge is 0.410 e. The second-order valence-corrected chi connectivity index (χ2v) is 8.12. The predicted octanol–water partition coefficient (Wildman–Crippen LogP) is 2.37. The fourth-order valence-electron chi connectivity index (χ4n) is 3.18. The van der Waals surface area contributed by atoms with Crippen LogP contribution in [0, 0.1) is 5.92 Å². The minimum absolute atomic E-state index is 0.149. The summed E-state index contributed by atoms with van der Waals surface area (Å²) in [6.07, 6.45) is 4.42. The summed E-state index contributed by atoms with van der Waals surface area (Å²) in [5.41, 5.74) is -0.264. The molecule has 22 heavy (non-hydrogen) atoms. The van der Waals surface area contributed by atoms with Gasteiger partial charge in [-0.2, -0.15) is 0 Å². The summed E-state index contributed by atoms with van der Waals surface area (Å²) >= 11 is 0. The summed E-state index contributed by atoms with van der Waals surface area (Å²) in [5.74, 6) is 0.745. The van der Waals surface area contributed by atoms with Crippen molar-refractivity contribution in [1.29, 1.82) is 0 Å². The van der Waals surface area contributed by atoms with Gasteiger partial charge in [0.1, 0.15) is 5.60 Å². The van der Waals surface area contributed by atoms with Gasteiger partial charge in [-0.3, -0.25) is 0 Å². The monoisotopic (exact) mass is 311 g/mol. The number of likely N-dealkylation sites (tertiary alicyclic amines) is 1. The van der Waals surface area contributed by atoms with Gasteiger partial charge in [0.25, 0.3) is 0 Å². The highest BCUT2D eigenvalue weighted by Crippen LogP contribution is 2.24. The van der Waals surface area contributed by atoms with Crippen molar-refractivity contribution >= 4 is 6.09 Å². The van der Waals surface area contributed by atoms with Crippen LogP contribution in [0.3, 0.4) is 0 Å². The molecule has 1 amide bonds. The second-order valence-electron chi connectivity index (χ2n) is 8.12. The Morgan fingerprint density at radius 3 is 2.59 bits per heavy atom. The molecule has 0 aromatic heterocycles. The molecule has 2 saturated heterocycles. The van der Waals surface area contributed by atoms with Crippen molar-refractivity contribution in [3.8, 4) is 0 Å². The highest BCUT2D eigenvalue weighted by atomic mass is 16.6. The van der Waals surface area contributed by atoms with Gasteiger partial charge in [-0.25, -0.2) is 4.79 Å². The lowest BCUT2D eigenvalue weighted by Crippen LogP contribution is -2.54. The molecule has 0 saturated carbocycles. The molecule has 0 aromatic carbocycles. The fraction of sp³-hybridized carbons (Fsp3) is 0.941. The first-order chi connectivity index (χ1) is 10.3. The molecule has 0 spiro atoms. The van der Waals surface area contributed by atoms with Crippen molar-refractivity contribution in [2.75, 3.05) is 32.7 Å². The summed E-state index contributed by atoms with van der Waals surface area (Å²) < 4.78 is 5.46. The molecule has 2 aliphatic rings. The van der Waals surface area contributed by atoms with E-state index in [2.05, 4.69) is 17.6 Å². The van der Waals surface area contributed by atoms with Crippen LogP contribution in [-0.4, -0.2) is 54.9 Å². The number of nitrogens with one attached hydrogen (secondary N) is 2. The summed E-state index contributed by atoms with van der Waals surface area (Å²) in [7, 11) is 0. The highest BCUT2D eigenvalue weighted by Gasteiger charge is 2.33. The number of rotatable bonds is 3. The number of carbonyl (C=O) groups is 1. The molecule has 0 radical (unpaired) electrons. The van der Waals surface area contributed by atoms with Gasteiger partial charge in [-0.15, -0.1) is 0 Å². The lowest BCUT2D eigenvalue weighted by Gasteiger charge is -2.41. The van der Waals surface area contributed by atoms with Crippen LogP contribution in [0.25, 0.3) is 0 Å². The van der Waals surface area contributed by atoms with Crippen LogP contribution in [-0.2, 0) is 4.74 Å². The van der Waals surface area contributed by atoms with Crippen molar-refractivity contribution in [2.24, 2.45) is 5.92 Å². The van der Waals surface area contributed by atoms with Gasteiger partial charge in [0.15, 0.2) is 0 Å².